The minimum absolute atomic E-state index is 0.0373. The van der Waals surface area contributed by atoms with E-state index in [0.29, 0.717) is 12.5 Å². The highest BCUT2D eigenvalue weighted by Gasteiger charge is 2.48. The number of carbonyl (C=O) groups excluding carboxylic acids is 2. The van der Waals surface area contributed by atoms with Gasteiger partial charge in [0, 0.05) is 6.54 Å². The third-order valence-corrected chi connectivity index (χ3v) is 7.54. The molecular formula is C23H33N4O6P. The van der Waals surface area contributed by atoms with Crippen LogP contribution in [-0.2, 0) is 14.2 Å². The number of benzene rings is 1. The quantitative estimate of drug-likeness (QED) is 0.407. The minimum Gasteiger partial charge on any atom is -0.509 e. The van der Waals surface area contributed by atoms with E-state index in [-0.39, 0.29) is 40.5 Å². The molecule has 10 nitrogen and oxygen atoms in total. The Balaban J connectivity index is 1.98. The predicted octanol–water partition coefficient (Wildman–Crippen LogP) is 2.69. The highest BCUT2D eigenvalue weighted by Crippen LogP contribution is 2.48. The Morgan fingerprint density at radius 1 is 1.38 bits per heavy atom. The summed E-state index contributed by atoms with van der Waals surface area (Å²) in [5, 5.41) is 14.0. The van der Waals surface area contributed by atoms with Crippen LogP contribution in [0.5, 0.6) is 5.75 Å². The van der Waals surface area contributed by atoms with E-state index in [0.717, 1.165) is 12.8 Å². The number of amides is 2. The Morgan fingerprint density at radius 3 is 2.65 bits per heavy atom. The summed E-state index contributed by atoms with van der Waals surface area (Å²) in [5.74, 6) is -0.853. The number of aliphatic hydroxyl groups excluding tert-OH is 1. The first-order chi connectivity index (χ1) is 15.8. The van der Waals surface area contributed by atoms with Crippen molar-refractivity contribution in [1.82, 2.24) is 4.90 Å². The third-order valence-electron chi connectivity index (χ3n) is 6.07. The molecule has 1 aromatic rings. The molecule has 34 heavy (non-hydrogen) atoms. The molecule has 0 aliphatic carbocycles. The van der Waals surface area contributed by atoms with Gasteiger partial charge in [0.25, 0.3) is 11.8 Å². The topological polar surface area (TPSA) is 155 Å². The van der Waals surface area contributed by atoms with E-state index in [1.807, 2.05) is 20.8 Å². The molecule has 0 spiro atoms. The number of anilines is 1. The monoisotopic (exact) mass is 492 g/mol. The van der Waals surface area contributed by atoms with E-state index in [4.69, 9.17) is 10.5 Å². The standard InChI is InChI=1S/C23H33N4O6P/c1-6-13(2)9-10-27-20(23(3,4)5)19(29)18(22(27)30)21-25-15-8-7-14(33-12-17(24)28)11-16(15)34(31,32)26-21/h7-8,11,13,20,29H,6,9-10,12H2,1-5H3,(H2,24,28)(H2,25,26,31,32). The Bertz CT molecular complexity index is 1110. The molecule has 186 valence electrons. The lowest BCUT2D eigenvalue weighted by molar-refractivity contribution is -0.128. The van der Waals surface area contributed by atoms with Crippen molar-refractivity contribution >= 4 is 36.2 Å². The maximum absolute atomic E-state index is 13.5. The lowest BCUT2D eigenvalue weighted by atomic mass is 9.85. The number of rotatable bonds is 8. The second-order valence-electron chi connectivity index (χ2n) is 9.88. The Hall–Kier alpha value is -2.84. The lowest BCUT2D eigenvalue weighted by Gasteiger charge is -2.35. The fraction of sp³-hybridized carbons (Fsp3) is 0.522. The van der Waals surface area contributed by atoms with Crippen molar-refractivity contribution < 1.29 is 28.9 Å². The van der Waals surface area contributed by atoms with Gasteiger partial charge in [-0.1, -0.05) is 41.0 Å². The van der Waals surface area contributed by atoms with Crippen LogP contribution in [0.25, 0.3) is 0 Å². The van der Waals surface area contributed by atoms with Gasteiger partial charge in [-0.2, -0.15) is 4.76 Å². The average Bonchev–Trinajstić information content (AvgIpc) is 2.99. The number of nitrogens with one attached hydrogen (secondary N) is 1. The van der Waals surface area contributed by atoms with Crippen LogP contribution in [0.15, 0.2) is 34.3 Å². The SMILES string of the molecule is CCC(C)CCN1C(=O)C(C2=NP(=O)(O)c3cc(OCC(N)=O)ccc3N2)=C(O)C1C(C)(C)C. The molecule has 3 rings (SSSR count). The number of primary amides is 1. The Labute approximate surface area is 199 Å². The van der Waals surface area contributed by atoms with Crippen molar-refractivity contribution in [3.8, 4) is 5.75 Å². The molecule has 1 aromatic carbocycles. The Kier molecular flexibility index (Phi) is 7.15. The van der Waals surface area contributed by atoms with Crippen LogP contribution in [0.1, 0.15) is 47.5 Å². The maximum atomic E-state index is 13.5. The molecule has 3 atom stereocenters. The van der Waals surface area contributed by atoms with E-state index in [9.17, 15) is 24.2 Å². The molecule has 0 saturated heterocycles. The molecule has 3 unspecified atom stereocenters. The van der Waals surface area contributed by atoms with Gasteiger partial charge in [-0.05, 0) is 36.0 Å². The van der Waals surface area contributed by atoms with Gasteiger partial charge < -0.3 is 30.7 Å². The smallest absolute Gasteiger partial charge is 0.346 e. The molecule has 0 aromatic heterocycles. The zero-order valence-electron chi connectivity index (χ0n) is 20.2. The van der Waals surface area contributed by atoms with Crippen LogP contribution in [0.4, 0.5) is 5.69 Å². The van der Waals surface area contributed by atoms with Crippen molar-refractivity contribution in [2.45, 2.75) is 53.5 Å². The number of hydrogen-bond acceptors (Lipinski definition) is 6. The summed E-state index contributed by atoms with van der Waals surface area (Å²) in [6, 6.07) is 3.70. The molecule has 0 bridgehead atoms. The van der Waals surface area contributed by atoms with E-state index in [1.54, 1.807) is 4.90 Å². The number of aliphatic hydroxyl groups is 1. The fourth-order valence-electron chi connectivity index (χ4n) is 4.11. The van der Waals surface area contributed by atoms with Crippen LogP contribution >= 0.6 is 7.52 Å². The highest BCUT2D eigenvalue weighted by atomic mass is 31.2. The third kappa shape index (κ3) is 5.13. The van der Waals surface area contributed by atoms with Crippen molar-refractivity contribution in [3.63, 3.8) is 0 Å². The summed E-state index contributed by atoms with van der Waals surface area (Å²) in [5.41, 5.74) is 4.76. The van der Waals surface area contributed by atoms with E-state index < -0.39 is 30.8 Å². The van der Waals surface area contributed by atoms with Crippen LogP contribution < -0.4 is 21.1 Å². The summed E-state index contributed by atoms with van der Waals surface area (Å²) in [6.07, 6.45) is 1.74. The van der Waals surface area contributed by atoms with Crippen molar-refractivity contribution in [3.05, 3.63) is 29.5 Å². The zero-order chi connectivity index (χ0) is 25.4. The molecule has 11 heteroatoms. The van der Waals surface area contributed by atoms with Gasteiger partial charge in [0.15, 0.2) is 12.4 Å². The van der Waals surface area contributed by atoms with E-state index >= 15 is 0 Å². The number of amidine groups is 1. The van der Waals surface area contributed by atoms with Gasteiger partial charge >= 0.3 is 7.52 Å². The van der Waals surface area contributed by atoms with Crippen LogP contribution in [0, 0.1) is 11.3 Å². The minimum atomic E-state index is -4.32. The first-order valence-electron chi connectivity index (χ1n) is 11.3. The summed E-state index contributed by atoms with van der Waals surface area (Å²) in [7, 11) is -4.32. The summed E-state index contributed by atoms with van der Waals surface area (Å²) >= 11 is 0. The molecule has 2 aliphatic rings. The van der Waals surface area contributed by atoms with Gasteiger partial charge in [-0.25, -0.2) is 0 Å². The molecule has 5 N–H and O–H groups in total. The second kappa shape index (κ2) is 9.43. The second-order valence-corrected chi connectivity index (χ2v) is 11.7. The van der Waals surface area contributed by atoms with E-state index in [1.165, 1.54) is 18.2 Å². The van der Waals surface area contributed by atoms with Crippen molar-refractivity contribution in [2.24, 2.45) is 21.8 Å². The summed E-state index contributed by atoms with van der Waals surface area (Å²) in [4.78, 5) is 36.7. The number of hydrogen-bond donors (Lipinski definition) is 4. The van der Waals surface area contributed by atoms with Gasteiger partial charge in [0.05, 0.1) is 17.0 Å². The first-order valence-corrected chi connectivity index (χ1v) is 12.9. The average molecular weight is 493 g/mol. The summed E-state index contributed by atoms with van der Waals surface area (Å²) < 4.78 is 22.2. The maximum Gasteiger partial charge on any atom is 0.346 e. The molecule has 2 aliphatic heterocycles. The van der Waals surface area contributed by atoms with Crippen LogP contribution in [-0.4, -0.2) is 51.7 Å². The van der Waals surface area contributed by atoms with Crippen molar-refractivity contribution in [1.29, 1.82) is 0 Å². The molecule has 2 amide bonds. The molecule has 2 heterocycles. The lowest BCUT2D eigenvalue weighted by Crippen LogP contribution is -2.45. The van der Waals surface area contributed by atoms with Crippen LogP contribution in [0.2, 0.25) is 0 Å². The number of ether oxygens (including phenoxy) is 1. The highest BCUT2D eigenvalue weighted by molar-refractivity contribution is 7.65. The molecular weight excluding hydrogens is 459 g/mol. The van der Waals surface area contributed by atoms with Crippen LogP contribution in [0.3, 0.4) is 0 Å². The van der Waals surface area contributed by atoms with Gasteiger partial charge in [0.2, 0.25) is 0 Å². The molecule has 0 fully saturated rings. The van der Waals surface area contributed by atoms with E-state index in [2.05, 4.69) is 23.9 Å². The van der Waals surface area contributed by atoms with Gasteiger partial charge in [-0.3, -0.25) is 14.2 Å². The largest absolute Gasteiger partial charge is 0.509 e. The Morgan fingerprint density at radius 2 is 2.06 bits per heavy atom. The fourth-order valence-corrected chi connectivity index (χ4v) is 5.37. The first kappa shape index (κ1) is 25.8. The number of nitrogens with two attached hydrogens (primary N) is 1. The van der Waals surface area contributed by atoms with Gasteiger partial charge in [0.1, 0.15) is 17.1 Å². The normalized spacial score (nSPS) is 23.4. The molecule has 0 radical (unpaired) electrons. The predicted molar refractivity (Wildman–Crippen MR) is 130 cm³/mol. The number of nitrogens with zero attached hydrogens (tertiary/aromatic N) is 2. The summed E-state index contributed by atoms with van der Waals surface area (Å²) in [6.45, 7) is 10.0. The zero-order valence-corrected chi connectivity index (χ0v) is 21.1. The van der Waals surface area contributed by atoms with Crippen molar-refractivity contribution in [2.75, 3.05) is 18.5 Å². The molecule has 0 saturated carbocycles. The van der Waals surface area contributed by atoms with Gasteiger partial charge in [-0.15, -0.1) is 0 Å². The number of fused-ring (bicyclic) bond motifs is 1. The number of carbonyl (C=O) groups is 2.